The van der Waals surface area contributed by atoms with E-state index in [4.69, 9.17) is 0 Å². The zero-order chi connectivity index (χ0) is 6.41. The van der Waals surface area contributed by atoms with Crippen molar-refractivity contribution < 1.29 is 0 Å². The topological polar surface area (TPSA) is 27.6 Å². The number of hydrogen-bond donors (Lipinski definition) is 1. The highest BCUT2D eigenvalue weighted by atomic mass is 15.5. The first-order valence-electron chi connectivity index (χ1n) is 2.71. The quantitative estimate of drug-likeness (QED) is 0.321. The van der Waals surface area contributed by atoms with E-state index in [9.17, 15) is 0 Å². The molecule has 1 N–H and O–H groups in total. The van der Waals surface area contributed by atoms with Gasteiger partial charge in [-0.05, 0) is 6.92 Å². The van der Waals surface area contributed by atoms with Gasteiger partial charge in [-0.15, -0.1) is 0 Å². The smallest absolute Gasteiger partial charge is 0.0989 e. The van der Waals surface area contributed by atoms with Gasteiger partial charge in [0.1, 0.15) is 0 Å². The maximum absolute atomic E-state index is 3.98. The Labute approximate surface area is 50.4 Å². The zero-order valence-corrected chi connectivity index (χ0v) is 5.68. The minimum atomic E-state index is 0.839. The summed E-state index contributed by atoms with van der Waals surface area (Å²) >= 11 is 0. The standard InChI is InChI=1S/C5H13N3/c1-4-7-5-8(3)6-2/h5-6H,4H2,1-3H3. The van der Waals surface area contributed by atoms with E-state index in [2.05, 4.69) is 10.4 Å². The van der Waals surface area contributed by atoms with Crippen LogP contribution in [0.5, 0.6) is 0 Å². The lowest BCUT2D eigenvalue weighted by Gasteiger charge is -2.08. The van der Waals surface area contributed by atoms with Crippen LogP contribution in [0, 0.1) is 0 Å². The summed E-state index contributed by atoms with van der Waals surface area (Å²) in [7, 11) is 3.75. The molecular weight excluding hydrogens is 102 g/mol. The summed E-state index contributed by atoms with van der Waals surface area (Å²) in [5.41, 5.74) is 2.88. The van der Waals surface area contributed by atoms with Gasteiger partial charge in [0, 0.05) is 20.6 Å². The van der Waals surface area contributed by atoms with Crippen LogP contribution in [0.25, 0.3) is 0 Å². The van der Waals surface area contributed by atoms with Crippen molar-refractivity contribution in [2.24, 2.45) is 4.99 Å². The van der Waals surface area contributed by atoms with Crippen molar-refractivity contribution in [1.82, 2.24) is 10.4 Å². The van der Waals surface area contributed by atoms with Crippen LogP contribution in [0.3, 0.4) is 0 Å². The lowest BCUT2D eigenvalue weighted by Crippen LogP contribution is -2.28. The summed E-state index contributed by atoms with van der Waals surface area (Å²) < 4.78 is 0. The van der Waals surface area contributed by atoms with Crippen LogP contribution in [-0.4, -0.2) is 32.0 Å². The molecule has 0 aromatic rings. The molecule has 0 aliphatic carbocycles. The van der Waals surface area contributed by atoms with Crippen molar-refractivity contribution in [3.63, 3.8) is 0 Å². The summed E-state index contributed by atoms with van der Waals surface area (Å²) in [6.45, 7) is 2.84. The first-order valence-corrected chi connectivity index (χ1v) is 2.71. The highest BCUT2D eigenvalue weighted by molar-refractivity contribution is 5.53. The predicted octanol–water partition coefficient (Wildman–Crippen LogP) is 0.101. The Bertz CT molecular complexity index is 70.1. The van der Waals surface area contributed by atoms with Crippen molar-refractivity contribution in [3.8, 4) is 0 Å². The summed E-state index contributed by atoms with van der Waals surface area (Å²) in [4.78, 5) is 3.98. The molecule has 0 bridgehead atoms. The van der Waals surface area contributed by atoms with E-state index >= 15 is 0 Å². The molecule has 0 spiro atoms. The average Bonchev–Trinajstić information content (AvgIpc) is 1.83. The van der Waals surface area contributed by atoms with Gasteiger partial charge in [0.05, 0.1) is 6.34 Å². The number of hydrazine groups is 1. The second kappa shape index (κ2) is 4.59. The Morgan fingerprint density at radius 3 is 2.75 bits per heavy atom. The van der Waals surface area contributed by atoms with Crippen LogP contribution < -0.4 is 5.43 Å². The number of hydrogen-bond acceptors (Lipinski definition) is 2. The molecule has 0 aliphatic heterocycles. The van der Waals surface area contributed by atoms with Crippen LogP contribution >= 0.6 is 0 Å². The van der Waals surface area contributed by atoms with Gasteiger partial charge in [-0.2, -0.15) is 0 Å². The van der Waals surface area contributed by atoms with Gasteiger partial charge in [-0.3, -0.25) is 4.99 Å². The highest BCUT2D eigenvalue weighted by Crippen LogP contribution is 1.66. The molecule has 0 aliphatic rings. The van der Waals surface area contributed by atoms with E-state index in [-0.39, 0.29) is 0 Å². The van der Waals surface area contributed by atoms with Crippen molar-refractivity contribution in [1.29, 1.82) is 0 Å². The van der Waals surface area contributed by atoms with Gasteiger partial charge in [0.15, 0.2) is 0 Å². The third kappa shape index (κ3) is 3.61. The largest absolute Gasteiger partial charge is 0.302 e. The molecule has 3 nitrogen and oxygen atoms in total. The van der Waals surface area contributed by atoms with E-state index in [0.29, 0.717) is 0 Å². The van der Waals surface area contributed by atoms with Crippen LogP contribution in [0.1, 0.15) is 6.92 Å². The summed E-state index contributed by atoms with van der Waals surface area (Å²) in [5, 5.41) is 1.80. The van der Waals surface area contributed by atoms with E-state index < -0.39 is 0 Å². The molecule has 48 valence electrons. The highest BCUT2D eigenvalue weighted by Gasteiger charge is 1.77. The van der Waals surface area contributed by atoms with E-state index in [0.717, 1.165) is 6.54 Å². The lowest BCUT2D eigenvalue weighted by atomic mass is 10.8. The first-order chi connectivity index (χ1) is 3.81. The molecule has 0 unspecified atom stereocenters. The molecule has 3 heteroatoms. The minimum absolute atomic E-state index is 0.839. The first kappa shape index (κ1) is 7.43. The molecule has 0 radical (unpaired) electrons. The normalized spacial score (nSPS) is 10.4. The van der Waals surface area contributed by atoms with Gasteiger partial charge in [-0.25, -0.2) is 5.43 Å². The monoisotopic (exact) mass is 115 g/mol. The molecule has 0 aromatic carbocycles. The number of nitrogens with one attached hydrogen (secondary N) is 1. The maximum Gasteiger partial charge on any atom is 0.0989 e. The molecule has 0 amide bonds. The van der Waals surface area contributed by atoms with Crippen molar-refractivity contribution in [2.45, 2.75) is 6.92 Å². The molecule has 0 heterocycles. The Kier molecular flexibility index (Phi) is 4.26. The summed E-state index contributed by atoms with van der Waals surface area (Å²) in [5.74, 6) is 0. The molecular formula is C5H13N3. The third-order valence-electron chi connectivity index (χ3n) is 0.790. The number of aliphatic imine (C=N–C) groups is 1. The molecule has 8 heavy (non-hydrogen) atoms. The average molecular weight is 115 g/mol. The van der Waals surface area contributed by atoms with E-state index in [1.165, 1.54) is 0 Å². The minimum Gasteiger partial charge on any atom is -0.302 e. The van der Waals surface area contributed by atoms with E-state index in [1.807, 2.05) is 21.0 Å². The van der Waals surface area contributed by atoms with E-state index in [1.54, 1.807) is 11.3 Å². The lowest BCUT2D eigenvalue weighted by molar-refractivity contribution is 0.421. The van der Waals surface area contributed by atoms with Crippen LogP contribution in [-0.2, 0) is 0 Å². The van der Waals surface area contributed by atoms with Crippen LogP contribution in [0.2, 0.25) is 0 Å². The molecule has 0 saturated heterocycles. The summed E-state index contributed by atoms with van der Waals surface area (Å²) in [6, 6.07) is 0. The van der Waals surface area contributed by atoms with Crippen molar-refractivity contribution >= 4 is 6.34 Å². The van der Waals surface area contributed by atoms with Crippen LogP contribution in [0.4, 0.5) is 0 Å². The fraction of sp³-hybridized carbons (Fsp3) is 0.800. The van der Waals surface area contributed by atoms with Crippen molar-refractivity contribution in [3.05, 3.63) is 0 Å². The number of rotatable bonds is 3. The second-order valence-corrected chi connectivity index (χ2v) is 1.45. The SMILES string of the molecule is CCN=CN(C)NC. The molecule has 0 rings (SSSR count). The Morgan fingerprint density at radius 2 is 2.38 bits per heavy atom. The van der Waals surface area contributed by atoms with Gasteiger partial charge >= 0.3 is 0 Å². The Hall–Kier alpha value is -0.570. The fourth-order valence-electron chi connectivity index (χ4n) is 0.262. The third-order valence-corrected chi connectivity index (χ3v) is 0.790. The molecule has 0 atom stereocenters. The van der Waals surface area contributed by atoms with Crippen molar-refractivity contribution in [2.75, 3.05) is 20.6 Å². The molecule has 0 fully saturated rings. The van der Waals surface area contributed by atoms with Gasteiger partial charge in [-0.1, -0.05) is 0 Å². The molecule has 0 aromatic heterocycles. The van der Waals surface area contributed by atoms with Gasteiger partial charge < -0.3 is 5.01 Å². The second-order valence-electron chi connectivity index (χ2n) is 1.45. The van der Waals surface area contributed by atoms with Crippen LogP contribution in [0.15, 0.2) is 4.99 Å². The maximum atomic E-state index is 3.98. The fourth-order valence-corrected chi connectivity index (χ4v) is 0.262. The Balaban J connectivity index is 3.21. The number of nitrogens with zero attached hydrogens (tertiary/aromatic N) is 2. The Morgan fingerprint density at radius 1 is 1.75 bits per heavy atom. The zero-order valence-electron chi connectivity index (χ0n) is 5.68. The van der Waals surface area contributed by atoms with Gasteiger partial charge in [0.2, 0.25) is 0 Å². The predicted molar refractivity (Wildman–Crippen MR) is 35.9 cm³/mol. The summed E-state index contributed by atoms with van der Waals surface area (Å²) in [6.07, 6.45) is 1.75. The molecule has 0 saturated carbocycles. The van der Waals surface area contributed by atoms with Gasteiger partial charge in [0.25, 0.3) is 0 Å².